The van der Waals surface area contributed by atoms with Gasteiger partial charge in [0, 0.05) is 20.1 Å². The van der Waals surface area contributed by atoms with Crippen LogP contribution in [0.4, 0.5) is 0 Å². The van der Waals surface area contributed by atoms with Crippen molar-refractivity contribution < 1.29 is 23.7 Å². The summed E-state index contributed by atoms with van der Waals surface area (Å²) in [6.45, 7) is 11.3. The average Bonchev–Trinajstić information content (AvgIpc) is 3.62. The van der Waals surface area contributed by atoms with Gasteiger partial charge in [-0.3, -0.25) is 4.79 Å². The molecule has 0 amide bonds. The largest absolute Gasteiger partial charge is 0.466 e. The third kappa shape index (κ3) is 45.6. The molecule has 0 spiro atoms. The van der Waals surface area contributed by atoms with E-state index in [0.29, 0.717) is 6.61 Å². The second-order valence-corrected chi connectivity index (χ2v) is 11.4. The number of hydrogen-bond acceptors (Lipinski definition) is 5. The SMILES string of the molecule is C1CCCCC1.C1CCOC1.C1COCCO1.CCCCOC(C)=O.Cc1ccccc1.ClC(Cl)Cl.c1ccccc1. The summed E-state index contributed by atoms with van der Waals surface area (Å²) in [5.74, 6) is -0.182. The molecule has 3 fully saturated rings. The molecule has 5 nitrogen and oxygen atoms in total. The lowest BCUT2D eigenvalue weighted by Gasteiger charge is -2.09. The molecule has 242 valence electrons. The predicted octanol–water partition coefficient (Wildman–Crippen LogP) is 10.2. The van der Waals surface area contributed by atoms with Crippen molar-refractivity contribution in [2.75, 3.05) is 46.2 Å². The molecule has 0 unspecified atom stereocenters. The molecule has 2 heterocycles. The Hall–Kier alpha value is -1.34. The summed E-state index contributed by atoms with van der Waals surface area (Å²) in [6, 6.07) is 22.3. The molecular weight excluding hydrogens is 595 g/mol. The molecule has 2 aliphatic heterocycles. The maximum absolute atomic E-state index is 10.1. The lowest BCUT2D eigenvalue weighted by Crippen LogP contribution is -2.16. The van der Waals surface area contributed by atoms with Crippen LogP contribution in [0.1, 0.15) is 83.6 Å². The van der Waals surface area contributed by atoms with Gasteiger partial charge in [-0.2, -0.15) is 0 Å². The van der Waals surface area contributed by atoms with Gasteiger partial charge in [0.2, 0.25) is 0 Å². The third-order valence-corrected chi connectivity index (χ3v) is 5.48. The van der Waals surface area contributed by atoms with Crippen LogP contribution in [0.15, 0.2) is 66.7 Å². The van der Waals surface area contributed by atoms with Crippen LogP contribution < -0.4 is 0 Å². The fourth-order valence-electron chi connectivity index (χ4n) is 3.29. The molecule has 3 aliphatic rings. The van der Waals surface area contributed by atoms with E-state index in [2.05, 4.69) is 30.7 Å². The molecule has 0 aromatic heterocycles. The van der Waals surface area contributed by atoms with Gasteiger partial charge in [0.1, 0.15) is 0 Å². The number of benzene rings is 2. The number of carbonyl (C=O) groups is 1. The number of esters is 1. The van der Waals surface area contributed by atoms with Gasteiger partial charge < -0.3 is 18.9 Å². The molecule has 0 bridgehead atoms. The minimum Gasteiger partial charge on any atom is -0.466 e. The molecule has 2 aromatic rings. The molecular formula is C34H55Cl3O5. The Labute approximate surface area is 271 Å². The van der Waals surface area contributed by atoms with Crippen LogP contribution in [0.3, 0.4) is 0 Å². The number of carbonyl (C=O) groups excluding carboxylic acids is 1. The summed E-state index contributed by atoms with van der Waals surface area (Å²) in [7, 11) is 0. The van der Waals surface area contributed by atoms with E-state index in [-0.39, 0.29) is 5.97 Å². The Morgan fingerprint density at radius 2 is 1.00 bits per heavy atom. The number of alkyl halides is 3. The van der Waals surface area contributed by atoms with Gasteiger partial charge in [0.05, 0.1) is 33.0 Å². The normalized spacial score (nSPS) is 14.8. The maximum Gasteiger partial charge on any atom is 0.302 e. The van der Waals surface area contributed by atoms with Crippen LogP contribution >= 0.6 is 34.8 Å². The van der Waals surface area contributed by atoms with Crippen LogP contribution in [-0.4, -0.2) is 56.5 Å². The molecule has 5 rings (SSSR count). The van der Waals surface area contributed by atoms with Gasteiger partial charge in [-0.05, 0) is 26.2 Å². The topological polar surface area (TPSA) is 54.0 Å². The van der Waals surface area contributed by atoms with Crippen molar-refractivity contribution in [1.29, 1.82) is 0 Å². The van der Waals surface area contributed by atoms with Gasteiger partial charge in [0.15, 0.2) is 4.30 Å². The highest BCUT2D eigenvalue weighted by Crippen LogP contribution is 2.15. The Bertz CT molecular complexity index is 667. The first kappa shape index (κ1) is 42.8. The summed E-state index contributed by atoms with van der Waals surface area (Å²) < 4.78 is 18.7. The minimum atomic E-state index is -0.750. The van der Waals surface area contributed by atoms with Gasteiger partial charge in [-0.15, -0.1) is 0 Å². The van der Waals surface area contributed by atoms with Crippen molar-refractivity contribution in [2.45, 2.75) is 89.3 Å². The zero-order valence-electron chi connectivity index (χ0n) is 26.1. The molecule has 42 heavy (non-hydrogen) atoms. The van der Waals surface area contributed by atoms with Crippen molar-refractivity contribution in [2.24, 2.45) is 0 Å². The number of aryl methyl sites for hydroxylation is 1. The fraction of sp³-hybridized carbons (Fsp3) is 0.618. The van der Waals surface area contributed by atoms with E-state index in [0.717, 1.165) is 52.5 Å². The maximum atomic E-state index is 10.1. The van der Waals surface area contributed by atoms with Gasteiger partial charge >= 0.3 is 5.97 Å². The Morgan fingerprint density at radius 3 is 1.21 bits per heavy atom. The molecule has 0 atom stereocenters. The molecule has 1 saturated carbocycles. The van der Waals surface area contributed by atoms with E-state index < -0.39 is 4.30 Å². The number of unbranched alkanes of at least 4 members (excludes halogenated alkanes) is 1. The Kier molecular flexibility index (Phi) is 38.4. The van der Waals surface area contributed by atoms with Crippen LogP contribution in [-0.2, 0) is 23.7 Å². The lowest BCUT2D eigenvalue weighted by atomic mass is 10.0. The van der Waals surface area contributed by atoms with Crippen molar-refractivity contribution in [1.82, 2.24) is 0 Å². The smallest absolute Gasteiger partial charge is 0.302 e. The van der Waals surface area contributed by atoms with E-state index in [1.165, 1.54) is 63.9 Å². The summed E-state index contributed by atoms with van der Waals surface area (Å²) in [5.41, 5.74) is 1.32. The van der Waals surface area contributed by atoms with Crippen LogP contribution in [0.2, 0.25) is 0 Å². The number of halogens is 3. The van der Waals surface area contributed by atoms with Crippen LogP contribution in [0, 0.1) is 6.92 Å². The Balaban J connectivity index is 0. The Morgan fingerprint density at radius 1 is 0.667 bits per heavy atom. The number of hydrogen-bond donors (Lipinski definition) is 0. The molecule has 1 aliphatic carbocycles. The molecule has 8 heteroatoms. The number of rotatable bonds is 3. The molecule has 0 N–H and O–H groups in total. The zero-order valence-corrected chi connectivity index (χ0v) is 28.4. The highest BCUT2D eigenvalue weighted by atomic mass is 35.6. The summed E-state index contributed by atoms with van der Waals surface area (Å²) >= 11 is 14.4. The summed E-state index contributed by atoms with van der Waals surface area (Å²) in [5, 5.41) is 0. The standard InChI is InChI=1S/C7H8.C6H12O2.C6H12.C6H6.C4H8O2.C4H8O.CHCl3/c1-7-5-3-2-4-6-7;1-3-4-5-8-6(2)7;2*1-2-4-6-5-3-1;1-2-6-4-3-5-1;1-2-4-5-3-1;2-1(3)4/h2-6H,1H3;3-5H2,1-2H3;1-6H2;1-6H;1-4H2;1-4H2;1H. The van der Waals surface area contributed by atoms with Crippen LogP contribution in [0.5, 0.6) is 0 Å². The van der Waals surface area contributed by atoms with E-state index >= 15 is 0 Å². The minimum absolute atomic E-state index is 0.182. The van der Waals surface area contributed by atoms with Crippen molar-refractivity contribution in [3.05, 3.63) is 72.3 Å². The van der Waals surface area contributed by atoms with E-state index in [1.54, 1.807) is 0 Å². The quantitative estimate of drug-likeness (QED) is 0.188. The first-order chi connectivity index (χ1) is 20.4. The molecule has 0 radical (unpaired) electrons. The van der Waals surface area contributed by atoms with Crippen LogP contribution in [0.25, 0.3) is 0 Å². The summed E-state index contributed by atoms with van der Waals surface area (Å²) in [6.07, 6.45) is 13.6. The second-order valence-electron chi connectivity index (χ2n) is 9.42. The second kappa shape index (κ2) is 37.7. The first-order valence-corrected chi connectivity index (χ1v) is 16.5. The fourth-order valence-corrected chi connectivity index (χ4v) is 3.29. The van der Waals surface area contributed by atoms with Gasteiger partial charge in [0.25, 0.3) is 0 Å². The highest BCUT2D eigenvalue weighted by Gasteiger charge is 1.96. The van der Waals surface area contributed by atoms with E-state index in [9.17, 15) is 4.79 Å². The average molecular weight is 650 g/mol. The third-order valence-electron chi connectivity index (χ3n) is 5.48. The number of ether oxygens (including phenoxy) is 4. The van der Waals surface area contributed by atoms with E-state index in [1.807, 2.05) is 54.6 Å². The molecule has 2 aromatic carbocycles. The van der Waals surface area contributed by atoms with Gasteiger partial charge in [-0.25, -0.2) is 0 Å². The lowest BCUT2D eigenvalue weighted by molar-refractivity contribution is -0.141. The predicted molar refractivity (Wildman–Crippen MR) is 180 cm³/mol. The monoisotopic (exact) mass is 648 g/mol. The van der Waals surface area contributed by atoms with Crippen molar-refractivity contribution >= 4 is 40.8 Å². The van der Waals surface area contributed by atoms with Gasteiger partial charge in [-0.1, -0.05) is 159 Å². The highest BCUT2D eigenvalue weighted by molar-refractivity contribution is 6.63. The molecule has 2 saturated heterocycles. The van der Waals surface area contributed by atoms with E-state index in [4.69, 9.17) is 49.0 Å². The zero-order chi connectivity index (χ0) is 31.4. The van der Waals surface area contributed by atoms with Crippen molar-refractivity contribution in [3.63, 3.8) is 0 Å². The summed E-state index contributed by atoms with van der Waals surface area (Å²) in [4.78, 5) is 10.1. The first-order valence-electron chi connectivity index (χ1n) is 15.2. The van der Waals surface area contributed by atoms with Crippen molar-refractivity contribution in [3.8, 4) is 0 Å².